The summed E-state index contributed by atoms with van der Waals surface area (Å²) in [7, 11) is 2.04. The summed E-state index contributed by atoms with van der Waals surface area (Å²) >= 11 is 0. The Balaban J connectivity index is 1.78. The van der Waals surface area contributed by atoms with E-state index in [-0.39, 0.29) is 0 Å². The van der Waals surface area contributed by atoms with Gasteiger partial charge in [-0.15, -0.1) is 5.10 Å². The van der Waals surface area contributed by atoms with Gasteiger partial charge in [-0.3, -0.25) is 0 Å². The average Bonchev–Trinajstić information content (AvgIpc) is 3.03. The van der Waals surface area contributed by atoms with Gasteiger partial charge in [0.25, 0.3) is 0 Å². The molecule has 4 rings (SSSR count). The fourth-order valence-electron chi connectivity index (χ4n) is 3.12. The second kappa shape index (κ2) is 6.16. The average molecular weight is 331 g/mol. The van der Waals surface area contributed by atoms with Crippen molar-refractivity contribution in [2.75, 3.05) is 11.9 Å². The Morgan fingerprint density at radius 1 is 0.960 bits per heavy atom. The molecule has 0 radical (unpaired) electrons. The third-order valence-electron chi connectivity index (χ3n) is 4.46. The molecule has 0 atom stereocenters. The number of benzene rings is 2. The summed E-state index contributed by atoms with van der Waals surface area (Å²) in [5.41, 5.74) is 4.39. The molecule has 2 heterocycles. The number of anilines is 1. The first kappa shape index (κ1) is 15.6. The molecular formula is C20H21N5. The van der Waals surface area contributed by atoms with E-state index in [0.29, 0.717) is 0 Å². The molecule has 0 amide bonds. The second-order valence-corrected chi connectivity index (χ2v) is 6.35. The van der Waals surface area contributed by atoms with Gasteiger partial charge in [0, 0.05) is 19.0 Å². The molecule has 2 aromatic heterocycles. The van der Waals surface area contributed by atoms with Crippen LogP contribution in [0.4, 0.5) is 5.95 Å². The van der Waals surface area contributed by atoms with E-state index in [4.69, 9.17) is 4.98 Å². The minimum Gasteiger partial charge on any atom is -0.339 e. The maximum atomic E-state index is 4.83. The zero-order chi connectivity index (χ0) is 17.4. The van der Waals surface area contributed by atoms with Gasteiger partial charge in [-0.05, 0) is 36.6 Å². The molecule has 5 nitrogen and oxygen atoms in total. The molecule has 0 spiro atoms. The molecule has 0 saturated carbocycles. The van der Waals surface area contributed by atoms with E-state index in [1.54, 1.807) is 0 Å². The third kappa shape index (κ3) is 2.82. The molecule has 2 aromatic carbocycles. The lowest BCUT2D eigenvalue weighted by Crippen LogP contribution is -2.21. The Morgan fingerprint density at radius 3 is 2.44 bits per heavy atom. The third-order valence-corrected chi connectivity index (χ3v) is 4.46. The van der Waals surface area contributed by atoms with E-state index in [1.165, 1.54) is 11.1 Å². The number of nitrogens with zero attached hydrogens (tertiary/aromatic N) is 5. The molecule has 0 bridgehead atoms. The van der Waals surface area contributed by atoms with Crippen molar-refractivity contribution >= 4 is 22.5 Å². The van der Waals surface area contributed by atoms with E-state index in [2.05, 4.69) is 46.2 Å². The topological polar surface area (TPSA) is 46.3 Å². The summed E-state index contributed by atoms with van der Waals surface area (Å²) in [6, 6.07) is 16.8. The molecule has 4 aromatic rings. The molecule has 5 heteroatoms. The summed E-state index contributed by atoms with van der Waals surface area (Å²) in [5.74, 6) is 1.55. The molecule has 0 saturated heterocycles. The van der Waals surface area contributed by atoms with Gasteiger partial charge in [0.1, 0.15) is 5.82 Å². The van der Waals surface area contributed by atoms with Crippen molar-refractivity contribution in [2.24, 2.45) is 0 Å². The fourth-order valence-corrected chi connectivity index (χ4v) is 3.12. The van der Waals surface area contributed by atoms with Crippen molar-refractivity contribution < 1.29 is 0 Å². The number of aromatic nitrogens is 4. The first-order valence-electron chi connectivity index (χ1n) is 8.57. The molecule has 126 valence electrons. The van der Waals surface area contributed by atoms with Gasteiger partial charge in [0.05, 0.1) is 5.52 Å². The highest BCUT2D eigenvalue weighted by molar-refractivity contribution is 5.92. The molecule has 25 heavy (non-hydrogen) atoms. The van der Waals surface area contributed by atoms with E-state index < -0.39 is 0 Å². The van der Waals surface area contributed by atoms with Gasteiger partial charge in [0.15, 0.2) is 5.65 Å². The lowest BCUT2D eigenvalue weighted by Gasteiger charge is -2.19. The van der Waals surface area contributed by atoms with Crippen molar-refractivity contribution in [1.82, 2.24) is 19.6 Å². The summed E-state index contributed by atoms with van der Waals surface area (Å²) in [5, 5.41) is 5.58. The Hall–Kier alpha value is -2.95. The van der Waals surface area contributed by atoms with Crippen LogP contribution in [0.5, 0.6) is 0 Å². The van der Waals surface area contributed by atoms with Crippen LogP contribution in [0.25, 0.3) is 16.6 Å². The standard InChI is InChI=1S/C20H21N5/c1-4-15-9-11-16(12-10-15)13-24(3)20-22-18-8-6-5-7-17(18)19-21-14(2)23-25(19)20/h5-12H,4,13H2,1-3H3. The van der Waals surface area contributed by atoms with Gasteiger partial charge in [0.2, 0.25) is 5.95 Å². The summed E-state index contributed by atoms with van der Waals surface area (Å²) in [6.45, 7) is 4.85. The van der Waals surface area contributed by atoms with E-state index in [1.807, 2.05) is 42.8 Å². The van der Waals surface area contributed by atoms with Crippen LogP contribution in [-0.4, -0.2) is 26.6 Å². The van der Waals surface area contributed by atoms with Crippen LogP contribution >= 0.6 is 0 Å². The van der Waals surface area contributed by atoms with Crippen LogP contribution in [-0.2, 0) is 13.0 Å². The number of hydrogen-bond donors (Lipinski definition) is 0. The summed E-state index contributed by atoms with van der Waals surface area (Å²) < 4.78 is 1.85. The smallest absolute Gasteiger partial charge is 0.229 e. The molecule has 0 N–H and O–H groups in total. The van der Waals surface area contributed by atoms with Crippen molar-refractivity contribution in [3.8, 4) is 0 Å². The normalized spacial score (nSPS) is 11.3. The maximum absolute atomic E-state index is 4.83. The van der Waals surface area contributed by atoms with E-state index in [9.17, 15) is 0 Å². The molecule has 0 aliphatic rings. The van der Waals surface area contributed by atoms with Gasteiger partial charge < -0.3 is 4.90 Å². The van der Waals surface area contributed by atoms with Crippen molar-refractivity contribution in [3.05, 3.63) is 65.5 Å². The molecule has 0 unspecified atom stereocenters. The zero-order valence-electron chi connectivity index (χ0n) is 14.8. The predicted octanol–water partition coefficient (Wildman–Crippen LogP) is 3.78. The highest BCUT2D eigenvalue weighted by atomic mass is 15.4. The maximum Gasteiger partial charge on any atom is 0.229 e. The van der Waals surface area contributed by atoms with Crippen LogP contribution in [0, 0.1) is 6.92 Å². The number of hydrogen-bond acceptors (Lipinski definition) is 4. The molecule has 0 fully saturated rings. The van der Waals surface area contributed by atoms with E-state index >= 15 is 0 Å². The summed E-state index contributed by atoms with van der Waals surface area (Å²) in [6.07, 6.45) is 1.06. The number of aryl methyl sites for hydroxylation is 2. The SMILES string of the molecule is CCc1ccc(CN(C)c2nc3ccccc3c3nc(C)nn23)cc1. The molecule has 0 aliphatic carbocycles. The Morgan fingerprint density at radius 2 is 1.68 bits per heavy atom. The first-order chi connectivity index (χ1) is 12.2. The first-order valence-corrected chi connectivity index (χ1v) is 8.57. The monoisotopic (exact) mass is 331 g/mol. The lowest BCUT2D eigenvalue weighted by molar-refractivity contribution is 0.808. The Labute approximate surface area is 147 Å². The fraction of sp³-hybridized carbons (Fsp3) is 0.250. The van der Waals surface area contributed by atoms with E-state index in [0.717, 1.165) is 41.3 Å². The van der Waals surface area contributed by atoms with Gasteiger partial charge in [-0.2, -0.15) is 4.52 Å². The predicted molar refractivity (Wildman–Crippen MR) is 101 cm³/mol. The van der Waals surface area contributed by atoms with Crippen LogP contribution in [0.15, 0.2) is 48.5 Å². The van der Waals surface area contributed by atoms with Gasteiger partial charge in [-0.25, -0.2) is 9.97 Å². The van der Waals surface area contributed by atoms with Crippen molar-refractivity contribution in [1.29, 1.82) is 0 Å². The number of para-hydroxylation sites is 1. The van der Waals surface area contributed by atoms with Gasteiger partial charge in [-0.1, -0.05) is 43.3 Å². The van der Waals surface area contributed by atoms with Crippen LogP contribution in [0.2, 0.25) is 0 Å². The summed E-state index contributed by atoms with van der Waals surface area (Å²) in [4.78, 5) is 11.6. The quantitative estimate of drug-likeness (QED) is 0.571. The van der Waals surface area contributed by atoms with Crippen LogP contribution in [0.1, 0.15) is 23.9 Å². The minimum atomic E-state index is 0.750. The largest absolute Gasteiger partial charge is 0.339 e. The Kier molecular flexibility index (Phi) is 3.84. The van der Waals surface area contributed by atoms with Crippen LogP contribution < -0.4 is 4.90 Å². The van der Waals surface area contributed by atoms with Crippen LogP contribution in [0.3, 0.4) is 0 Å². The minimum absolute atomic E-state index is 0.750. The molecular weight excluding hydrogens is 310 g/mol. The zero-order valence-corrected chi connectivity index (χ0v) is 14.8. The Bertz CT molecular complexity index is 1030. The van der Waals surface area contributed by atoms with Crippen molar-refractivity contribution in [2.45, 2.75) is 26.8 Å². The highest BCUT2D eigenvalue weighted by Crippen LogP contribution is 2.23. The van der Waals surface area contributed by atoms with Gasteiger partial charge >= 0.3 is 0 Å². The highest BCUT2D eigenvalue weighted by Gasteiger charge is 2.15. The second-order valence-electron chi connectivity index (χ2n) is 6.35. The lowest BCUT2D eigenvalue weighted by atomic mass is 10.1. The molecule has 0 aliphatic heterocycles. The van der Waals surface area contributed by atoms with Crippen molar-refractivity contribution in [3.63, 3.8) is 0 Å². The number of fused-ring (bicyclic) bond motifs is 3. The number of rotatable bonds is 4.